The quantitative estimate of drug-likeness (QED) is 0.642. The third-order valence-electron chi connectivity index (χ3n) is 4.05. The Morgan fingerprint density at radius 1 is 1.43 bits per heavy atom. The summed E-state index contributed by atoms with van der Waals surface area (Å²) in [6.45, 7) is 3.93. The molecule has 1 fully saturated rings. The minimum Gasteiger partial charge on any atom is -0.490 e. The number of hydrogen-bond acceptors (Lipinski definition) is 5. The van der Waals surface area contributed by atoms with Gasteiger partial charge in [-0.25, -0.2) is 0 Å². The van der Waals surface area contributed by atoms with Crippen LogP contribution in [0.4, 0.5) is 5.69 Å². The van der Waals surface area contributed by atoms with Crippen LogP contribution in [0.15, 0.2) is 18.2 Å². The maximum absolute atomic E-state index is 11.0. The van der Waals surface area contributed by atoms with Gasteiger partial charge in [0.25, 0.3) is 0 Å². The van der Waals surface area contributed by atoms with Crippen molar-refractivity contribution < 1.29 is 9.66 Å². The standard InChI is InChI=1S/C15H23N3O3/c1-16-10-12-5-7-17(8-6-12)11-13-3-4-15(21-2)14(9-13)18(19)20/h3-4,9,12,16H,5-8,10-11H2,1-2H3. The highest BCUT2D eigenvalue weighted by molar-refractivity contribution is 5.48. The van der Waals surface area contributed by atoms with Crippen molar-refractivity contribution in [2.75, 3.05) is 33.8 Å². The highest BCUT2D eigenvalue weighted by Gasteiger charge is 2.20. The molecule has 116 valence electrons. The van der Waals surface area contributed by atoms with Crippen molar-refractivity contribution in [3.8, 4) is 5.75 Å². The third-order valence-corrected chi connectivity index (χ3v) is 4.05. The Hall–Kier alpha value is -1.66. The van der Waals surface area contributed by atoms with Crippen LogP contribution >= 0.6 is 0 Å². The fraction of sp³-hybridized carbons (Fsp3) is 0.600. The zero-order valence-corrected chi connectivity index (χ0v) is 12.7. The molecule has 1 aromatic carbocycles. The first-order valence-corrected chi connectivity index (χ1v) is 7.32. The van der Waals surface area contributed by atoms with Crippen molar-refractivity contribution in [1.82, 2.24) is 10.2 Å². The van der Waals surface area contributed by atoms with Gasteiger partial charge in [0.2, 0.25) is 0 Å². The molecule has 21 heavy (non-hydrogen) atoms. The van der Waals surface area contributed by atoms with Crippen LogP contribution in [0, 0.1) is 16.0 Å². The highest BCUT2D eigenvalue weighted by atomic mass is 16.6. The van der Waals surface area contributed by atoms with Crippen molar-refractivity contribution in [3.63, 3.8) is 0 Å². The van der Waals surface area contributed by atoms with Gasteiger partial charge in [0.05, 0.1) is 12.0 Å². The number of hydrogen-bond donors (Lipinski definition) is 1. The van der Waals surface area contributed by atoms with Crippen molar-refractivity contribution in [2.24, 2.45) is 5.92 Å². The zero-order chi connectivity index (χ0) is 15.2. The first-order valence-electron chi connectivity index (χ1n) is 7.32. The normalized spacial score (nSPS) is 16.9. The Morgan fingerprint density at radius 2 is 2.14 bits per heavy atom. The van der Waals surface area contributed by atoms with E-state index in [1.165, 1.54) is 20.0 Å². The Morgan fingerprint density at radius 3 is 2.71 bits per heavy atom. The van der Waals surface area contributed by atoms with Gasteiger partial charge < -0.3 is 10.1 Å². The number of nitro benzene ring substituents is 1. The molecule has 0 spiro atoms. The van der Waals surface area contributed by atoms with Gasteiger partial charge in [0.15, 0.2) is 5.75 Å². The van der Waals surface area contributed by atoms with Crippen LogP contribution in [-0.4, -0.2) is 43.6 Å². The van der Waals surface area contributed by atoms with Crippen LogP contribution in [-0.2, 0) is 6.54 Å². The molecule has 1 heterocycles. The predicted molar refractivity (Wildman–Crippen MR) is 81.6 cm³/mol. The van der Waals surface area contributed by atoms with Crippen molar-refractivity contribution in [2.45, 2.75) is 19.4 Å². The van der Waals surface area contributed by atoms with E-state index in [4.69, 9.17) is 4.74 Å². The summed E-state index contributed by atoms with van der Waals surface area (Å²) < 4.78 is 5.03. The summed E-state index contributed by atoms with van der Waals surface area (Å²) in [6, 6.07) is 5.21. The summed E-state index contributed by atoms with van der Waals surface area (Å²) in [5, 5.41) is 14.3. The summed E-state index contributed by atoms with van der Waals surface area (Å²) in [4.78, 5) is 13.0. The molecule has 0 atom stereocenters. The van der Waals surface area contributed by atoms with Gasteiger partial charge in [-0.3, -0.25) is 15.0 Å². The largest absolute Gasteiger partial charge is 0.490 e. The molecule has 1 N–H and O–H groups in total. The number of likely N-dealkylation sites (tertiary alicyclic amines) is 1. The molecule has 0 aromatic heterocycles. The van der Waals surface area contributed by atoms with Crippen LogP contribution in [0.1, 0.15) is 18.4 Å². The Bertz CT molecular complexity index is 485. The van der Waals surface area contributed by atoms with E-state index in [0.29, 0.717) is 5.75 Å². The van der Waals surface area contributed by atoms with E-state index in [1.807, 2.05) is 13.1 Å². The lowest BCUT2D eigenvalue weighted by Gasteiger charge is -2.31. The molecule has 1 aromatic rings. The van der Waals surface area contributed by atoms with Gasteiger partial charge in [0.1, 0.15) is 0 Å². The van der Waals surface area contributed by atoms with Gasteiger partial charge in [-0.2, -0.15) is 0 Å². The van der Waals surface area contributed by atoms with Crippen LogP contribution < -0.4 is 10.1 Å². The lowest BCUT2D eigenvalue weighted by atomic mass is 9.96. The van der Waals surface area contributed by atoms with E-state index in [-0.39, 0.29) is 10.6 Å². The van der Waals surface area contributed by atoms with Crippen LogP contribution in [0.25, 0.3) is 0 Å². The van der Waals surface area contributed by atoms with E-state index in [1.54, 1.807) is 12.1 Å². The number of benzene rings is 1. The molecule has 0 saturated carbocycles. The van der Waals surface area contributed by atoms with E-state index in [0.717, 1.165) is 37.7 Å². The molecule has 2 rings (SSSR count). The summed E-state index contributed by atoms with van der Waals surface area (Å²) in [6.07, 6.45) is 2.36. The van der Waals surface area contributed by atoms with Gasteiger partial charge in [-0.15, -0.1) is 0 Å². The first kappa shape index (κ1) is 15.7. The highest BCUT2D eigenvalue weighted by Crippen LogP contribution is 2.28. The molecule has 1 aliphatic rings. The monoisotopic (exact) mass is 293 g/mol. The molecule has 6 heteroatoms. The third kappa shape index (κ3) is 4.15. The minimum absolute atomic E-state index is 0.0417. The Balaban J connectivity index is 1.97. The first-order chi connectivity index (χ1) is 10.1. The summed E-state index contributed by atoms with van der Waals surface area (Å²) in [5.41, 5.74) is 1.01. The SMILES string of the molecule is CNCC1CCN(Cc2ccc(OC)c([N+](=O)[O-])c2)CC1. The molecule has 0 unspecified atom stereocenters. The number of nitrogens with zero attached hydrogens (tertiary/aromatic N) is 2. The molecule has 0 amide bonds. The zero-order valence-electron chi connectivity index (χ0n) is 12.7. The fourth-order valence-electron chi connectivity index (χ4n) is 2.87. The average molecular weight is 293 g/mol. The summed E-state index contributed by atoms with van der Waals surface area (Å²) in [5.74, 6) is 1.06. The lowest BCUT2D eigenvalue weighted by molar-refractivity contribution is -0.385. The fourth-order valence-corrected chi connectivity index (χ4v) is 2.87. The number of piperidine rings is 1. The van der Waals surface area contributed by atoms with Crippen LogP contribution in [0.2, 0.25) is 0 Å². The summed E-state index contributed by atoms with van der Waals surface area (Å²) in [7, 11) is 3.44. The number of methoxy groups -OCH3 is 1. The molecular weight excluding hydrogens is 270 g/mol. The van der Waals surface area contributed by atoms with Crippen LogP contribution in [0.3, 0.4) is 0 Å². The molecule has 1 saturated heterocycles. The second-order valence-electron chi connectivity index (χ2n) is 5.54. The molecule has 0 bridgehead atoms. The number of nitrogens with one attached hydrogen (secondary N) is 1. The Labute approximate surface area is 125 Å². The van der Waals surface area contributed by atoms with Gasteiger partial charge in [0, 0.05) is 12.6 Å². The van der Waals surface area contributed by atoms with Crippen molar-refractivity contribution >= 4 is 5.69 Å². The molecule has 0 radical (unpaired) electrons. The van der Waals surface area contributed by atoms with Crippen molar-refractivity contribution in [1.29, 1.82) is 0 Å². The number of ether oxygens (including phenoxy) is 1. The lowest BCUT2D eigenvalue weighted by Crippen LogP contribution is -2.36. The number of nitro groups is 1. The molecule has 1 aliphatic heterocycles. The second-order valence-corrected chi connectivity index (χ2v) is 5.54. The Kier molecular flexibility index (Phi) is 5.52. The molecular formula is C15H23N3O3. The molecule has 6 nitrogen and oxygen atoms in total. The van der Waals surface area contributed by atoms with E-state index < -0.39 is 0 Å². The molecule has 0 aliphatic carbocycles. The van der Waals surface area contributed by atoms with E-state index >= 15 is 0 Å². The van der Waals surface area contributed by atoms with Gasteiger partial charge >= 0.3 is 5.69 Å². The number of rotatable bonds is 6. The summed E-state index contributed by atoms with van der Waals surface area (Å²) >= 11 is 0. The maximum atomic E-state index is 11.0. The van der Waals surface area contributed by atoms with Crippen molar-refractivity contribution in [3.05, 3.63) is 33.9 Å². The van der Waals surface area contributed by atoms with Crippen LogP contribution in [0.5, 0.6) is 5.75 Å². The minimum atomic E-state index is -0.387. The maximum Gasteiger partial charge on any atom is 0.311 e. The second kappa shape index (κ2) is 7.38. The van der Waals surface area contributed by atoms with E-state index in [9.17, 15) is 10.1 Å². The average Bonchev–Trinajstić information content (AvgIpc) is 2.49. The topological polar surface area (TPSA) is 67.6 Å². The smallest absolute Gasteiger partial charge is 0.311 e. The van der Waals surface area contributed by atoms with Gasteiger partial charge in [-0.05, 0) is 57.1 Å². The van der Waals surface area contributed by atoms with E-state index in [2.05, 4.69) is 10.2 Å². The predicted octanol–water partition coefficient (Wildman–Crippen LogP) is 2.03. The van der Waals surface area contributed by atoms with Gasteiger partial charge in [-0.1, -0.05) is 6.07 Å².